The van der Waals surface area contributed by atoms with Gasteiger partial charge in [0.25, 0.3) is 0 Å². The highest BCUT2D eigenvalue weighted by Gasteiger charge is 2.13. The lowest BCUT2D eigenvalue weighted by Gasteiger charge is -2.13. The van der Waals surface area contributed by atoms with Crippen LogP contribution >= 0.6 is 0 Å². The third-order valence-corrected chi connectivity index (χ3v) is 3.11. The first-order valence-electron chi connectivity index (χ1n) is 6.61. The third kappa shape index (κ3) is 3.46. The van der Waals surface area contributed by atoms with Crippen LogP contribution in [-0.2, 0) is 4.74 Å². The highest BCUT2D eigenvalue weighted by atomic mass is 16.5. The Morgan fingerprint density at radius 2 is 1.95 bits per heavy atom. The average molecular weight is 292 g/mol. The van der Waals surface area contributed by atoms with Crippen molar-refractivity contribution in [2.24, 2.45) is 0 Å². The molecule has 0 unspecified atom stereocenters. The number of aromatic nitrogens is 1. The summed E-state index contributed by atoms with van der Waals surface area (Å²) in [6.07, 6.45) is 0. The summed E-state index contributed by atoms with van der Waals surface area (Å²) >= 11 is 0. The maximum absolute atomic E-state index is 11.5. The summed E-state index contributed by atoms with van der Waals surface area (Å²) in [4.78, 5) is 16.6. The molecule has 6 heteroatoms. The van der Waals surface area contributed by atoms with Crippen molar-refractivity contribution in [2.75, 3.05) is 41.5 Å². The Kier molecular flexibility index (Phi) is 4.70. The number of hydrogen-bond acceptors (Lipinski definition) is 5. The Hall–Kier alpha value is -2.21. The Bertz CT molecular complexity index is 634. The van der Waals surface area contributed by atoms with Crippen molar-refractivity contribution in [3.8, 4) is 11.5 Å². The second-order valence-electron chi connectivity index (χ2n) is 4.92. The van der Waals surface area contributed by atoms with E-state index in [0.29, 0.717) is 23.8 Å². The molecule has 1 N–H and O–H groups in total. The van der Waals surface area contributed by atoms with Gasteiger partial charge in [0.1, 0.15) is 12.3 Å². The van der Waals surface area contributed by atoms with Gasteiger partial charge < -0.3 is 24.1 Å². The normalized spacial score (nSPS) is 10.9. The van der Waals surface area contributed by atoms with E-state index in [0.717, 1.165) is 17.4 Å². The highest BCUT2D eigenvalue weighted by Crippen LogP contribution is 2.32. The molecule has 0 bridgehead atoms. The van der Waals surface area contributed by atoms with E-state index in [1.807, 2.05) is 31.1 Å². The summed E-state index contributed by atoms with van der Waals surface area (Å²) in [6.45, 7) is 1.37. The molecular formula is C15H20N2O4. The molecule has 0 aliphatic carbocycles. The number of carbonyl (C=O) groups is 1. The van der Waals surface area contributed by atoms with Gasteiger partial charge in [0.05, 0.1) is 19.7 Å². The first kappa shape index (κ1) is 15.2. The van der Waals surface area contributed by atoms with Gasteiger partial charge in [-0.1, -0.05) is 0 Å². The summed E-state index contributed by atoms with van der Waals surface area (Å²) < 4.78 is 15.8. The van der Waals surface area contributed by atoms with Crippen molar-refractivity contribution in [3.63, 3.8) is 0 Å². The van der Waals surface area contributed by atoms with Crippen LogP contribution in [0.15, 0.2) is 18.2 Å². The van der Waals surface area contributed by atoms with Gasteiger partial charge in [0.15, 0.2) is 11.5 Å². The van der Waals surface area contributed by atoms with Crippen LogP contribution in [0.5, 0.6) is 11.5 Å². The van der Waals surface area contributed by atoms with E-state index >= 15 is 0 Å². The number of rotatable bonds is 6. The molecule has 114 valence electrons. The number of nitrogens with zero attached hydrogens (tertiary/aromatic N) is 1. The summed E-state index contributed by atoms with van der Waals surface area (Å²) in [7, 11) is 6.91. The van der Waals surface area contributed by atoms with Crippen molar-refractivity contribution in [3.05, 3.63) is 23.9 Å². The fourth-order valence-electron chi connectivity index (χ4n) is 1.97. The molecule has 0 amide bonds. The molecule has 0 saturated heterocycles. The van der Waals surface area contributed by atoms with E-state index in [1.54, 1.807) is 13.2 Å². The van der Waals surface area contributed by atoms with Crippen molar-refractivity contribution < 1.29 is 19.0 Å². The van der Waals surface area contributed by atoms with E-state index in [4.69, 9.17) is 14.2 Å². The van der Waals surface area contributed by atoms with Gasteiger partial charge in [-0.3, -0.25) is 0 Å². The van der Waals surface area contributed by atoms with Crippen LogP contribution in [0.4, 0.5) is 0 Å². The molecule has 0 aliphatic rings. The van der Waals surface area contributed by atoms with Crippen molar-refractivity contribution in [1.82, 2.24) is 9.88 Å². The molecule has 0 fully saturated rings. The largest absolute Gasteiger partial charge is 0.493 e. The van der Waals surface area contributed by atoms with Crippen molar-refractivity contribution in [2.45, 2.75) is 0 Å². The fourth-order valence-corrected chi connectivity index (χ4v) is 1.97. The van der Waals surface area contributed by atoms with Crippen LogP contribution in [0.1, 0.15) is 10.5 Å². The molecule has 21 heavy (non-hydrogen) atoms. The lowest BCUT2D eigenvalue weighted by Crippen LogP contribution is -2.19. The summed E-state index contributed by atoms with van der Waals surface area (Å²) in [5, 5.41) is 0.871. The second kappa shape index (κ2) is 6.49. The minimum Gasteiger partial charge on any atom is -0.493 e. The maximum Gasteiger partial charge on any atom is 0.354 e. The number of carbonyl (C=O) groups excluding carboxylic acids is 1. The molecule has 0 aliphatic heterocycles. The zero-order valence-corrected chi connectivity index (χ0v) is 12.7. The first-order valence-corrected chi connectivity index (χ1v) is 6.61. The van der Waals surface area contributed by atoms with Crippen molar-refractivity contribution >= 4 is 16.9 Å². The van der Waals surface area contributed by atoms with E-state index in [1.165, 1.54) is 7.11 Å². The SMILES string of the molecule is COC(=O)c1cc2cc(OCCN(C)C)c(OC)cc2[nH]1. The fraction of sp³-hybridized carbons (Fsp3) is 0.400. The number of esters is 1. The third-order valence-electron chi connectivity index (χ3n) is 3.11. The van der Waals surface area contributed by atoms with E-state index < -0.39 is 5.97 Å². The Balaban J connectivity index is 2.29. The van der Waals surface area contributed by atoms with Gasteiger partial charge in [-0.25, -0.2) is 4.79 Å². The Morgan fingerprint density at radius 3 is 2.57 bits per heavy atom. The van der Waals surface area contributed by atoms with E-state index in [9.17, 15) is 4.79 Å². The number of likely N-dealkylation sites (N-methyl/N-ethyl adjacent to an activating group) is 1. The topological polar surface area (TPSA) is 63.8 Å². The first-order chi connectivity index (χ1) is 10.0. The number of ether oxygens (including phenoxy) is 3. The Morgan fingerprint density at radius 1 is 1.19 bits per heavy atom. The number of benzene rings is 1. The monoisotopic (exact) mass is 292 g/mol. The van der Waals surface area contributed by atoms with E-state index in [2.05, 4.69) is 4.98 Å². The molecule has 1 heterocycles. The zero-order chi connectivity index (χ0) is 15.4. The number of methoxy groups -OCH3 is 2. The molecular weight excluding hydrogens is 272 g/mol. The smallest absolute Gasteiger partial charge is 0.354 e. The Labute approximate surface area is 123 Å². The van der Waals surface area contributed by atoms with Gasteiger partial charge in [-0.05, 0) is 26.2 Å². The zero-order valence-electron chi connectivity index (χ0n) is 12.7. The van der Waals surface area contributed by atoms with Crippen LogP contribution < -0.4 is 9.47 Å². The molecule has 1 aromatic carbocycles. The van der Waals surface area contributed by atoms with Crippen LogP contribution in [0.2, 0.25) is 0 Å². The average Bonchev–Trinajstić information content (AvgIpc) is 2.87. The van der Waals surface area contributed by atoms with Crippen LogP contribution in [0, 0.1) is 0 Å². The predicted molar refractivity (Wildman–Crippen MR) is 80.2 cm³/mol. The van der Waals surface area contributed by atoms with Gasteiger partial charge in [-0.2, -0.15) is 0 Å². The quantitative estimate of drug-likeness (QED) is 0.824. The molecule has 1 aromatic heterocycles. The molecule has 0 radical (unpaired) electrons. The number of aromatic amines is 1. The second-order valence-corrected chi connectivity index (χ2v) is 4.92. The molecule has 0 saturated carbocycles. The van der Waals surface area contributed by atoms with Gasteiger partial charge in [0.2, 0.25) is 0 Å². The molecule has 0 atom stereocenters. The number of fused-ring (bicyclic) bond motifs is 1. The standard InChI is InChI=1S/C15H20N2O4/c1-17(2)5-6-21-14-8-10-7-12(15(18)20-4)16-11(10)9-13(14)19-3/h7-9,16H,5-6H2,1-4H3. The number of nitrogens with one attached hydrogen (secondary N) is 1. The lowest BCUT2D eigenvalue weighted by atomic mass is 10.2. The molecule has 6 nitrogen and oxygen atoms in total. The molecule has 2 rings (SSSR count). The van der Waals surface area contributed by atoms with Gasteiger partial charge in [0, 0.05) is 18.0 Å². The number of hydrogen-bond donors (Lipinski definition) is 1. The molecule has 2 aromatic rings. The lowest BCUT2D eigenvalue weighted by molar-refractivity contribution is 0.0595. The van der Waals surface area contributed by atoms with E-state index in [-0.39, 0.29) is 0 Å². The van der Waals surface area contributed by atoms with Crippen LogP contribution in [0.3, 0.4) is 0 Å². The molecule has 0 spiro atoms. The summed E-state index contributed by atoms with van der Waals surface area (Å²) in [5.74, 6) is 0.877. The van der Waals surface area contributed by atoms with Gasteiger partial charge >= 0.3 is 5.97 Å². The van der Waals surface area contributed by atoms with Crippen molar-refractivity contribution in [1.29, 1.82) is 0 Å². The summed E-state index contributed by atoms with van der Waals surface area (Å²) in [6, 6.07) is 5.40. The van der Waals surface area contributed by atoms with Gasteiger partial charge in [-0.15, -0.1) is 0 Å². The highest BCUT2D eigenvalue weighted by molar-refractivity contribution is 5.95. The minimum absolute atomic E-state index is 0.403. The maximum atomic E-state index is 11.5. The predicted octanol–water partition coefficient (Wildman–Crippen LogP) is 1.90. The number of H-pyrrole nitrogens is 1. The minimum atomic E-state index is -0.403. The van der Waals surface area contributed by atoms with Crippen LogP contribution in [0.25, 0.3) is 10.9 Å². The van der Waals surface area contributed by atoms with Crippen LogP contribution in [-0.4, -0.2) is 57.3 Å². The summed E-state index contributed by atoms with van der Waals surface area (Å²) in [5.41, 5.74) is 1.20.